The molecule has 0 unspecified atom stereocenters. The molecule has 1 aromatic heterocycles. The highest BCUT2D eigenvalue weighted by Gasteiger charge is 2.23. The van der Waals surface area contributed by atoms with Crippen molar-refractivity contribution in [2.75, 3.05) is 0 Å². The minimum atomic E-state index is 0.103. The molecule has 2 N–H and O–H groups in total. The summed E-state index contributed by atoms with van der Waals surface area (Å²) in [4.78, 5) is 12.1. The topological polar surface area (TPSA) is 69.1 Å². The standard InChI is InChI=1S/C14H22N2O2/c1-9(2)14-8-12(16-18-14)13(17)7-10-3-5-11(15)6-4-10/h8-11H,3-7,15H2,1-2H3. The SMILES string of the molecule is CC(C)c1cc(C(=O)CC2CCC(N)CC2)no1. The smallest absolute Gasteiger partial charge is 0.185 e. The lowest BCUT2D eigenvalue weighted by molar-refractivity contribution is 0.0939. The average molecular weight is 250 g/mol. The molecule has 0 spiro atoms. The predicted molar refractivity (Wildman–Crippen MR) is 69.5 cm³/mol. The molecule has 0 radical (unpaired) electrons. The van der Waals surface area contributed by atoms with Gasteiger partial charge in [-0.2, -0.15) is 0 Å². The van der Waals surface area contributed by atoms with Crippen molar-refractivity contribution >= 4 is 5.78 Å². The molecular weight excluding hydrogens is 228 g/mol. The molecule has 1 fully saturated rings. The van der Waals surface area contributed by atoms with Crippen LogP contribution in [0.1, 0.15) is 68.1 Å². The van der Waals surface area contributed by atoms with Gasteiger partial charge in [-0.1, -0.05) is 19.0 Å². The van der Waals surface area contributed by atoms with Crippen molar-refractivity contribution in [3.8, 4) is 0 Å². The molecule has 1 heterocycles. The zero-order chi connectivity index (χ0) is 13.1. The molecule has 0 aromatic carbocycles. The second-order valence-electron chi connectivity index (χ2n) is 5.68. The molecule has 0 amide bonds. The Morgan fingerprint density at radius 1 is 1.44 bits per heavy atom. The van der Waals surface area contributed by atoms with Crippen molar-refractivity contribution in [3.63, 3.8) is 0 Å². The number of nitrogens with zero attached hydrogens (tertiary/aromatic N) is 1. The molecule has 0 aliphatic heterocycles. The van der Waals surface area contributed by atoms with E-state index in [1.165, 1.54) is 0 Å². The number of Topliss-reactive ketones (excluding diaryl/α,β-unsaturated/α-hetero) is 1. The van der Waals surface area contributed by atoms with Gasteiger partial charge >= 0.3 is 0 Å². The Morgan fingerprint density at radius 2 is 2.11 bits per heavy atom. The second-order valence-corrected chi connectivity index (χ2v) is 5.68. The fourth-order valence-corrected chi connectivity index (χ4v) is 2.45. The van der Waals surface area contributed by atoms with Gasteiger partial charge in [-0.05, 0) is 31.6 Å². The van der Waals surface area contributed by atoms with Gasteiger partial charge in [0.2, 0.25) is 0 Å². The molecule has 0 atom stereocenters. The second kappa shape index (κ2) is 5.65. The largest absolute Gasteiger partial charge is 0.360 e. The molecule has 2 rings (SSSR count). The lowest BCUT2D eigenvalue weighted by Crippen LogP contribution is -2.27. The average Bonchev–Trinajstić information content (AvgIpc) is 2.81. The third kappa shape index (κ3) is 3.19. The van der Waals surface area contributed by atoms with E-state index < -0.39 is 0 Å². The van der Waals surface area contributed by atoms with Crippen LogP contribution in [-0.2, 0) is 0 Å². The first-order valence-electron chi connectivity index (χ1n) is 6.81. The van der Waals surface area contributed by atoms with Crippen molar-refractivity contribution in [2.45, 2.75) is 57.9 Å². The Balaban J connectivity index is 1.91. The van der Waals surface area contributed by atoms with E-state index in [0.29, 0.717) is 24.1 Å². The Kier molecular flexibility index (Phi) is 4.17. The lowest BCUT2D eigenvalue weighted by Gasteiger charge is -2.25. The summed E-state index contributed by atoms with van der Waals surface area (Å²) < 4.78 is 5.16. The number of carbonyl (C=O) groups excluding carboxylic acids is 1. The van der Waals surface area contributed by atoms with Crippen LogP contribution < -0.4 is 5.73 Å². The van der Waals surface area contributed by atoms with Crippen molar-refractivity contribution in [2.24, 2.45) is 11.7 Å². The van der Waals surface area contributed by atoms with Crippen LogP contribution in [0.5, 0.6) is 0 Å². The number of carbonyl (C=O) groups is 1. The third-order valence-corrected chi connectivity index (χ3v) is 3.75. The first kappa shape index (κ1) is 13.3. The maximum atomic E-state index is 12.1. The molecule has 1 aliphatic rings. The van der Waals surface area contributed by atoms with Gasteiger partial charge in [0.15, 0.2) is 5.78 Å². The molecule has 18 heavy (non-hydrogen) atoms. The van der Waals surface area contributed by atoms with E-state index in [-0.39, 0.29) is 11.7 Å². The van der Waals surface area contributed by atoms with Gasteiger partial charge in [0.25, 0.3) is 0 Å². The highest BCUT2D eigenvalue weighted by atomic mass is 16.5. The van der Waals surface area contributed by atoms with Crippen LogP contribution in [0.25, 0.3) is 0 Å². The van der Waals surface area contributed by atoms with Gasteiger partial charge in [0.1, 0.15) is 11.5 Å². The van der Waals surface area contributed by atoms with Crippen LogP contribution >= 0.6 is 0 Å². The first-order valence-corrected chi connectivity index (χ1v) is 6.81. The molecule has 4 heteroatoms. The van der Waals surface area contributed by atoms with Gasteiger partial charge in [-0.3, -0.25) is 4.79 Å². The normalized spacial score (nSPS) is 24.4. The van der Waals surface area contributed by atoms with E-state index in [4.69, 9.17) is 10.3 Å². The van der Waals surface area contributed by atoms with E-state index in [1.54, 1.807) is 6.07 Å². The maximum absolute atomic E-state index is 12.1. The van der Waals surface area contributed by atoms with Crippen LogP contribution in [0.3, 0.4) is 0 Å². The van der Waals surface area contributed by atoms with Crippen LogP contribution in [0.15, 0.2) is 10.6 Å². The summed E-state index contributed by atoms with van der Waals surface area (Å²) in [5.41, 5.74) is 6.34. The molecular formula is C14H22N2O2. The zero-order valence-corrected chi connectivity index (χ0v) is 11.2. The minimum absolute atomic E-state index is 0.103. The van der Waals surface area contributed by atoms with Gasteiger partial charge in [0, 0.05) is 24.4 Å². The van der Waals surface area contributed by atoms with E-state index in [0.717, 1.165) is 31.4 Å². The molecule has 4 nitrogen and oxygen atoms in total. The van der Waals surface area contributed by atoms with Gasteiger partial charge in [-0.25, -0.2) is 0 Å². The molecule has 0 bridgehead atoms. The van der Waals surface area contributed by atoms with Gasteiger partial charge in [-0.15, -0.1) is 0 Å². The van der Waals surface area contributed by atoms with E-state index in [9.17, 15) is 4.79 Å². The quantitative estimate of drug-likeness (QED) is 0.834. The summed E-state index contributed by atoms with van der Waals surface area (Å²) in [5.74, 6) is 1.62. The van der Waals surface area contributed by atoms with E-state index >= 15 is 0 Å². The van der Waals surface area contributed by atoms with E-state index in [2.05, 4.69) is 5.16 Å². The van der Waals surface area contributed by atoms with Crippen LogP contribution in [0.4, 0.5) is 0 Å². The molecule has 0 saturated heterocycles. The number of hydrogen-bond donors (Lipinski definition) is 1. The van der Waals surface area contributed by atoms with Gasteiger partial charge in [0.05, 0.1) is 0 Å². The summed E-state index contributed by atoms with van der Waals surface area (Å²) in [6, 6.07) is 2.11. The van der Waals surface area contributed by atoms with E-state index in [1.807, 2.05) is 13.8 Å². The zero-order valence-electron chi connectivity index (χ0n) is 11.2. The molecule has 100 valence electrons. The van der Waals surface area contributed by atoms with Crippen molar-refractivity contribution in [1.82, 2.24) is 5.16 Å². The highest BCUT2D eigenvalue weighted by Crippen LogP contribution is 2.27. The summed E-state index contributed by atoms with van der Waals surface area (Å²) in [6.07, 6.45) is 4.77. The third-order valence-electron chi connectivity index (χ3n) is 3.75. The number of ketones is 1. The number of rotatable bonds is 4. The van der Waals surface area contributed by atoms with Crippen molar-refractivity contribution in [3.05, 3.63) is 17.5 Å². The summed E-state index contributed by atoms with van der Waals surface area (Å²) in [5, 5.41) is 3.87. The Labute approximate surface area is 108 Å². The summed E-state index contributed by atoms with van der Waals surface area (Å²) in [6.45, 7) is 4.05. The first-order chi connectivity index (χ1) is 8.56. The lowest BCUT2D eigenvalue weighted by atomic mass is 9.83. The Hall–Kier alpha value is -1.16. The summed E-state index contributed by atoms with van der Waals surface area (Å²) in [7, 11) is 0. The maximum Gasteiger partial charge on any atom is 0.185 e. The fourth-order valence-electron chi connectivity index (χ4n) is 2.45. The van der Waals surface area contributed by atoms with Crippen molar-refractivity contribution in [1.29, 1.82) is 0 Å². The Bertz CT molecular complexity index is 404. The summed E-state index contributed by atoms with van der Waals surface area (Å²) >= 11 is 0. The molecule has 1 aromatic rings. The number of nitrogens with two attached hydrogens (primary N) is 1. The Morgan fingerprint density at radius 3 is 2.67 bits per heavy atom. The van der Waals surface area contributed by atoms with Crippen LogP contribution in [-0.4, -0.2) is 17.0 Å². The van der Waals surface area contributed by atoms with Crippen LogP contribution in [0, 0.1) is 5.92 Å². The van der Waals surface area contributed by atoms with Crippen molar-refractivity contribution < 1.29 is 9.32 Å². The monoisotopic (exact) mass is 250 g/mol. The highest BCUT2D eigenvalue weighted by molar-refractivity contribution is 5.94. The molecule has 1 saturated carbocycles. The fraction of sp³-hybridized carbons (Fsp3) is 0.714. The molecule has 1 aliphatic carbocycles. The number of hydrogen-bond acceptors (Lipinski definition) is 4. The number of aromatic nitrogens is 1. The minimum Gasteiger partial charge on any atom is -0.360 e. The van der Waals surface area contributed by atoms with Crippen LogP contribution in [0.2, 0.25) is 0 Å². The predicted octanol–water partition coefficient (Wildman–Crippen LogP) is 2.89. The van der Waals surface area contributed by atoms with Gasteiger partial charge < -0.3 is 10.3 Å².